The Morgan fingerprint density at radius 2 is 2.07 bits per heavy atom. The fraction of sp³-hybridized carbons (Fsp3) is 0.409. The van der Waals surface area contributed by atoms with Gasteiger partial charge in [-0.15, -0.1) is 0 Å². The maximum Gasteiger partial charge on any atom is 0.338 e. The second kappa shape index (κ2) is 8.95. The number of thioether (sulfide) groups is 1. The maximum atomic E-state index is 13.1. The molecule has 4 rings (SSSR count). The number of esters is 1. The first-order valence-corrected chi connectivity index (χ1v) is 11.2. The molecule has 1 aromatic heterocycles. The van der Waals surface area contributed by atoms with Crippen LogP contribution in [0.25, 0.3) is 0 Å². The van der Waals surface area contributed by atoms with Crippen molar-refractivity contribution in [2.45, 2.75) is 50.0 Å². The predicted octanol–water partition coefficient (Wildman–Crippen LogP) is 3.74. The third-order valence-electron chi connectivity index (χ3n) is 5.31. The second-order valence-corrected chi connectivity index (χ2v) is 8.38. The Morgan fingerprint density at radius 3 is 2.73 bits per heavy atom. The van der Waals surface area contributed by atoms with Crippen molar-refractivity contribution in [1.29, 1.82) is 0 Å². The van der Waals surface area contributed by atoms with Crippen LogP contribution in [0, 0.1) is 0 Å². The Bertz CT molecular complexity index is 952. The number of carbonyl (C=O) groups excluding carboxylic acids is 2. The zero-order chi connectivity index (χ0) is 21.1. The minimum absolute atomic E-state index is 0.132. The van der Waals surface area contributed by atoms with Gasteiger partial charge in [-0.2, -0.15) is 0 Å². The van der Waals surface area contributed by atoms with Gasteiger partial charge in [0.1, 0.15) is 0 Å². The van der Waals surface area contributed by atoms with Crippen molar-refractivity contribution < 1.29 is 14.3 Å². The molecule has 1 atom stereocenters. The van der Waals surface area contributed by atoms with Crippen LogP contribution in [-0.4, -0.2) is 45.4 Å². The van der Waals surface area contributed by atoms with Crippen molar-refractivity contribution in [3.05, 3.63) is 59.6 Å². The van der Waals surface area contributed by atoms with E-state index in [-0.39, 0.29) is 12.1 Å². The first kappa shape index (κ1) is 20.5. The largest absolute Gasteiger partial charge is 0.466 e. The number of ether oxygens (including phenoxy) is 1. The van der Waals surface area contributed by atoms with Crippen molar-refractivity contribution in [2.75, 3.05) is 12.9 Å². The van der Waals surface area contributed by atoms with E-state index in [1.54, 1.807) is 22.9 Å². The minimum Gasteiger partial charge on any atom is -0.466 e. The minimum atomic E-state index is -0.535. The normalized spacial score (nSPS) is 19.1. The molecular formula is C22H26N4O3S. The molecule has 1 aromatic carbocycles. The van der Waals surface area contributed by atoms with Gasteiger partial charge in [-0.3, -0.25) is 4.90 Å². The maximum absolute atomic E-state index is 13.1. The zero-order valence-electron chi connectivity index (χ0n) is 17.2. The number of hydrogen-bond acceptors (Lipinski definition) is 5. The molecule has 1 saturated carbocycles. The summed E-state index contributed by atoms with van der Waals surface area (Å²) in [4.78, 5) is 32.2. The molecule has 0 radical (unpaired) electrons. The number of methoxy groups -OCH3 is 1. The summed E-state index contributed by atoms with van der Waals surface area (Å²) < 4.78 is 7.25. The van der Waals surface area contributed by atoms with E-state index >= 15 is 0 Å². The molecule has 1 fully saturated rings. The van der Waals surface area contributed by atoms with E-state index in [2.05, 4.69) is 21.8 Å². The summed E-state index contributed by atoms with van der Waals surface area (Å²) in [7, 11) is 1.38. The van der Waals surface area contributed by atoms with Crippen LogP contribution >= 0.6 is 11.8 Å². The van der Waals surface area contributed by atoms with E-state index in [9.17, 15) is 9.59 Å². The van der Waals surface area contributed by atoms with Crippen LogP contribution in [0.4, 0.5) is 4.79 Å². The highest BCUT2D eigenvalue weighted by atomic mass is 32.2. The summed E-state index contributed by atoms with van der Waals surface area (Å²) in [6, 6.07) is 8.99. The molecule has 7 nitrogen and oxygen atoms in total. The molecule has 0 saturated heterocycles. The number of nitrogens with one attached hydrogen (secondary N) is 1. The van der Waals surface area contributed by atoms with E-state index in [0.717, 1.165) is 42.2 Å². The molecule has 8 heteroatoms. The number of aromatic nitrogens is 2. The number of aryl methyl sites for hydroxylation is 1. The summed E-state index contributed by atoms with van der Waals surface area (Å²) in [5.41, 5.74) is 2.07. The molecule has 2 aromatic rings. The summed E-state index contributed by atoms with van der Waals surface area (Å²) in [5.74, 6) is 0.0558. The van der Waals surface area contributed by atoms with Gasteiger partial charge in [-0.05, 0) is 24.8 Å². The molecule has 0 unspecified atom stereocenters. The van der Waals surface area contributed by atoms with Crippen LogP contribution in [-0.2, 0) is 16.1 Å². The Morgan fingerprint density at radius 1 is 1.30 bits per heavy atom. The van der Waals surface area contributed by atoms with E-state index < -0.39 is 12.0 Å². The fourth-order valence-corrected chi connectivity index (χ4v) is 4.78. The molecule has 30 heavy (non-hydrogen) atoms. The highest BCUT2D eigenvalue weighted by molar-refractivity contribution is 7.99. The summed E-state index contributed by atoms with van der Waals surface area (Å²) in [6.45, 7) is 3.00. The molecular weight excluding hydrogens is 400 g/mol. The monoisotopic (exact) mass is 426 g/mol. The lowest BCUT2D eigenvalue weighted by Crippen LogP contribution is -2.50. The number of imidazole rings is 1. The molecule has 1 N–H and O–H groups in total. The van der Waals surface area contributed by atoms with Gasteiger partial charge in [-0.1, -0.05) is 49.0 Å². The lowest BCUT2D eigenvalue weighted by atomic mass is 9.95. The molecule has 1 aliphatic carbocycles. The van der Waals surface area contributed by atoms with E-state index in [0.29, 0.717) is 11.3 Å². The SMILES string of the molecule is CCCn1ccnc1SCC1=C(C(=O)OC)[C@@H](c2ccccc2)NC(=O)N1C1CC1. The molecule has 2 amide bonds. The Hall–Kier alpha value is -2.74. The second-order valence-electron chi connectivity index (χ2n) is 7.44. The van der Waals surface area contributed by atoms with E-state index in [1.165, 1.54) is 7.11 Å². The number of rotatable bonds is 8. The van der Waals surface area contributed by atoms with Gasteiger partial charge in [0.05, 0.1) is 18.7 Å². The lowest BCUT2D eigenvalue weighted by Gasteiger charge is -2.36. The quantitative estimate of drug-likeness (QED) is 0.514. The van der Waals surface area contributed by atoms with Crippen LogP contribution in [0.3, 0.4) is 0 Å². The Labute approximate surface area is 180 Å². The number of nitrogens with zero attached hydrogens (tertiary/aromatic N) is 3. The van der Waals surface area contributed by atoms with Crippen LogP contribution in [0.2, 0.25) is 0 Å². The molecule has 2 aliphatic rings. The first-order chi connectivity index (χ1) is 14.6. The lowest BCUT2D eigenvalue weighted by molar-refractivity contribution is -0.136. The standard InChI is InChI=1S/C22H26N4O3S/c1-3-12-25-13-11-23-22(25)30-14-17-18(20(27)29-2)19(15-7-5-4-6-8-15)24-21(28)26(17)16-9-10-16/h4-8,11,13,16,19H,3,9-10,12,14H2,1-2H3,(H,24,28)/t19-/m1/s1. The van der Waals surface area contributed by atoms with Crippen molar-refractivity contribution in [1.82, 2.24) is 19.8 Å². The smallest absolute Gasteiger partial charge is 0.338 e. The number of urea groups is 1. The van der Waals surface area contributed by atoms with Crippen LogP contribution in [0.1, 0.15) is 37.8 Å². The molecule has 0 bridgehead atoms. The Kier molecular flexibility index (Phi) is 6.13. The molecule has 158 valence electrons. The van der Waals surface area contributed by atoms with Gasteiger partial charge < -0.3 is 14.6 Å². The number of carbonyl (C=O) groups is 2. The van der Waals surface area contributed by atoms with Crippen LogP contribution < -0.4 is 5.32 Å². The van der Waals surface area contributed by atoms with E-state index in [4.69, 9.17) is 4.74 Å². The van der Waals surface area contributed by atoms with Crippen molar-refractivity contribution >= 4 is 23.8 Å². The van der Waals surface area contributed by atoms with E-state index in [1.807, 2.05) is 36.5 Å². The fourth-order valence-electron chi connectivity index (χ4n) is 3.77. The van der Waals surface area contributed by atoms with Gasteiger partial charge >= 0.3 is 12.0 Å². The summed E-state index contributed by atoms with van der Waals surface area (Å²) in [6.07, 6.45) is 6.63. The van der Waals surface area contributed by atoms with Crippen molar-refractivity contribution in [3.8, 4) is 0 Å². The predicted molar refractivity (Wildman–Crippen MR) is 115 cm³/mol. The highest BCUT2D eigenvalue weighted by Gasteiger charge is 2.44. The number of amides is 2. The molecule has 2 heterocycles. The van der Waals surface area contributed by atoms with Gasteiger partial charge in [-0.25, -0.2) is 14.6 Å². The van der Waals surface area contributed by atoms with Gasteiger partial charge in [0.15, 0.2) is 5.16 Å². The number of hydrogen-bond donors (Lipinski definition) is 1. The third-order valence-corrected chi connectivity index (χ3v) is 6.32. The summed E-state index contributed by atoms with van der Waals surface area (Å²) in [5, 5.41) is 3.90. The zero-order valence-corrected chi connectivity index (χ0v) is 18.0. The summed E-state index contributed by atoms with van der Waals surface area (Å²) >= 11 is 1.54. The van der Waals surface area contributed by atoms with Crippen molar-refractivity contribution in [2.24, 2.45) is 0 Å². The third kappa shape index (κ3) is 4.09. The molecule has 1 aliphatic heterocycles. The van der Waals surface area contributed by atoms with Gasteiger partial charge in [0.2, 0.25) is 0 Å². The van der Waals surface area contributed by atoms with Gasteiger partial charge in [0, 0.05) is 36.4 Å². The average Bonchev–Trinajstić information content (AvgIpc) is 3.51. The Balaban J connectivity index is 1.74. The van der Waals surface area contributed by atoms with Crippen LogP contribution in [0.5, 0.6) is 0 Å². The number of benzene rings is 1. The molecule has 0 spiro atoms. The van der Waals surface area contributed by atoms with Crippen LogP contribution in [0.15, 0.2) is 59.2 Å². The van der Waals surface area contributed by atoms with Crippen molar-refractivity contribution in [3.63, 3.8) is 0 Å². The first-order valence-electron chi connectivity index (χ1n) is 10.2. The highest BCUT2D eigenvalue weighted by Crippen LogP contribution is 2.39. The average molecular weight is 427 g/mol. The topological polar surface area (TPSA) is 76.5 Å². The van der Waals surface area contributed by atoms with Gasteiger partial charge in [0.25, 0.3) is 0 Å².